The van der Waals surface area contributed by atoms with E-state index >= 15 is 0 Å². The van der Waals surface area contributed by atoms with Gasteiger partial charge in [-0.15, -0.1) is 0 Å². The molecule has 1 rings (SSSR count). The maximum Gasteiger partial charge on any atom is 0.317 e. The van der Waals surface area contributed by atoms with Crippen molar-refractivity contribution in [2.24, 2.45) is 5.92 Å². The number of carboxylic acid groups (broad SMARTS) is 1. The van der Waals surface area contributed by atoms with Gasteiger partial charge >= 0.3 is 12.0 Å². The van der Waals surface area contributed by atoms with Gasteiger partial charge in [0.2, 0.25) is 0 Å². The number of carbonyl (C=O) groups is 2. The predicted molar refractivity (Wildman–Crippen MR) is 83.3 cm³/mol. The van der Waals surface area contributed by atoms with Crippen LogP contribution in [0.25, 0.3) is 0 Å². The van der Waals surface area contributed by atoms with Gasteiger partial charge in [0.15, 0.2) is 0 Å². The van der Waals surface area contributed by atoms with E-state index in [0.29, 0.717) is 12.5 Å². The molecule has 0 heterocycles. The first-order valence-electron chi connectivity index (χ1n) is 8.23. The minimum absolute atomic E-state index is 0.00397. The Balaban J connectivity index is 2.47. The van der Waals surface area contributed by atoms with Crippen molar-refractivity contribution in [3.05, 3.63) is 0 Å². The molecule has 1 aliphatic carbocycles. The molecular weight excluding hydrogens is 268 g/mol. The van der Waals surface area contributed by atoms with Crippen molar-refractivity contribution in [1.29, 1.82) is 0 Å². The number of hydrogen-bond donors (Lipinski definition) is 2. The smallest absolute Gasteiger partial charge is 0.317 e. The topological polar surface area (TPSA) is 69.6 Å². The fraction of sp³-hybridized carbons (Fsp3) is 0.875. The summed E-state index contributed by atoms with van der Waals surface area (Å²) in [7, 11) is 1.83. The lowest BCUT2D eigenvalue weighted by atomic mass is 9.84. The highest BCUT2D eigenvalue weighted by atomic mass is 16.4. The summed E-state index contributed by atoms with van der Waals surface area (Å²) in [6.07, 6.45) is 7.27. The molecule has 0 radical (unpaired) electrons. The number of carbonyl (C=O) groups excluding carboxylic acids is 1. The second kappa shape index (κ2) is 8.90. The Morgan fingerprint density at radius 1 is 1.24 bits per heavy atom. The molecule has 5 nitrogen and oxygen atoms in total. The van der Waals surface area contributed by atoms with Crippen LogP contribution < -0.4 is 5.32 Å². The number of carboxylic acids is 1. The van der Waals surface area contributed by atoms with E-state index in [1.165, 1.54) is 19.3 Å². The zero-order chi connectivity index (χ0) is 15.8. The Kier molecular flexibility index (Phi) is 7.54. The van der Waals surface area contributed by atoms with Crippen molar-refractivity contribution in [3.8, 4) is 0 Å². The highest BCUT2D eigenvalue weighted by Crippen LogP contribution is 2.28. The summed E-state index contributed by atoms with van der Waals surface area (Å²) in [5, 5.41) is 11.8. The van der Waals surface area contributed by atoms with E-state index in [2.05, 4.69) is 12.2 Å². The van der Waals surface area contributed by atoms with Gasteiger partial charge in [0.25, 0.3) is 0 Å². The SMILES string of the molecule is CCCC(CC(=O)O)NC(=O)N(C)C1CCC(CC)CC1. The van der Waals surface area contributed by atoms with Gasteiger partial charge < -0.3 is 15.3 Å². The highest BCUT2D eigenvalue weighted by molar-refractivity contribution is 5.76. The summed E-state index contributed by atoms with van der Waals surface area (Å²) in [5.41, 5.74) is 0. The molecule has 5 heteroatoms. The molecule has 2 amide bonds. The van der Waals surface area contributed by atoms with Gasteiger partial charge in [-0.25, -0.2) is 4.79 Å². The minimum atomic E-state index is -0.861. The van der Waals surface area contributed by atoms with Crippen LogP contribution in [0.4, 0.5) is 4.79 Å². The molecule has 0 aromatic carbocycles. The molecule has 0 aliphatic heterocycles. The van der Waals surface area contributed by atoms with Crippen LogP contribution in [0.3, 0.4) is 0 Å². The molecule has 1 atom stereocenters. The maximum absolute atomic E-state index is 12.3. The summed E-state index contributed by atoms with van der Waals surface area (Å²) >= 11 is 0. The molecule has 0 aromatic heterocycles. The van der Waals surface area contributed by atoms with Gasteiger partial charge in [-0.05, 0) is 38.0 Å². The largest absolute Gasteiger partial charge is 0.481 e. The number of rotatable bonds is 7. The van der Waals surface area contributed by atoms with Gasteiger partial charge in [-0.3, -0.25) is 4.79 Å². The second-order valence-corrected chi connectivity index (χ2v) is 6.23. The lowest BCUT2D eigenvalue weighted by molar-refractivity contribution is -0.137. The Bertz CT molecular complexity index is 338. The van der Waals surface area contributed by atoms with Crippen LogP contribution in [0.1, 0.15) is 65.2 Å². The Labute approximate surface area is 128 Å². The number of nitrogens with zero attached hydrogens (tertiary/aromatic N) is 1. The normalized spacial score (nSPS) is 23.4. The highest BCUT2D eigenvalue weighted by Gasteiger charge is 2.27. The van der Waals surface area contributed by atoms with Crippen molar-refractivity contribution < 1.29 is 14.7 Å². The molecule has 0 bridgehead atoms. The monoisotopic (exact) mass is 298 g/mol. The number of hydrogen-bond acceptors (Lipinski definition) is 2. The van der Waals surface area contributed by atoms with Gasteiger partial charge in [-0.2, -0.15) is 0 Å². The van der Waals surface area contributed by atoms with Crippen LogP contribution in [-0.4, -0.2) is 41.1 Å². The van der Waals surface area contributed by atoms with Crippen molar-refractivity contribution >= 4 is 12.0 Å². The summed E-state index contributed by atoms with van der Waals surface area (Å²) in [4.78, 5) is 24.9. The quantitative estimate of drug-likeness (QED) is 0.758. The van der Waals surface area contributed by atoms with Crippen molar-refractivity contribution in [3.63, 3.8) is 0 Å². The number of urea groups is 1. The third-order valence-corrected chi connectivity index (χ3v) is 4.65. The maximum atomic E-state index is 12.3. The van der Waals surface area contributed by atoms with E-state index in [1.54, 1.807) is 4.90 Å². The number of aliphatic carboxylic acids is 1. The van der Waals surface area contributed by atoms with E-state index in [0.717, 1.165) is 25.2 Å². The molecule has 1 unspecified atom stereocenters. The Morgan fingerprint density at radius 3 is 2.33 bits per heavy atom. The van der Waals surface area contributed by atoms with Crippen molar-refractivity contribution in [2.75, 3.05) is 7.05 Å². The molecule has 122 valence electrons. The van der Waals surface area contributed by atoms with E-state index in [-0.39, 0.29) is 18.5 Å². The summed E-state index contributed by atoms with van der Waals surface area (Å²) in [6.45, 7) is 4.22. The Morgan fingerprint density at radius 2 is 1.86 bits per heavy atom. The van der Waals surface area contributed by atoms with E-state index in [9.17, 15) is 9.59 Å². The predicted octanol–water partition coefficient (Wildman–Crippen LogP) is 3.24. The lowest BCUT2D eigenvalue weighted by Gasteiger charge is -2.35. The number of amides is 2. The third kappa shape index (κ3) is 5.94. The fourth-order valence-electron chi connectivity index (χ4n) is 3.17. The fourth-order valence-corrected chi connectivity index (χ4v) is 3.17. The molecule has 0 spiro atoms. The summed E-state index contributed by atoms with van der Waals surface area (Å²) in [6, 6.07) is -0.107. The van der Waals surface area contributed by atoms with Crippen LogP contribution in [0.2, 0.25) is 0 Å². The molecule has 2 N–H and O–H groups in total. The van der Waals surface area contributed by atoms with Crippen molar-refractivity contribution in [2.45, 2.75) is 77.3 Å². The minimum Gasteiger partial charge on any atom is -0.481 e. The standard InChI is InChI=1S/C16H30N2O3/c1-4-6-13(11-15(19)20)17-16(21)18(3)14-9-7-12(5-2)8-10-14/h12-14H,4-11H2,1-3H3,(H,17,21)(H,19,20). The van der Waals surface area contributed by atoms with Gasteiger partial charge in [-0.1, -0.05) is 26.7 Å². The second-order valence-electron chi connectivity index (χ2n) is 6.23. The zero-order valence-corrected chi connectivity index (χ0v) is 13.6. The van der Waals surface area contributed by atoms with Gasteiger partial charge in [0.05, 0.1) is 6.42 Å². The summed E-state index contributed by atoms with van der Waals surface area (Å²) in [5.74, 6) is -0.0579. The van der Waals surface area contributed by atoms with Crippen LogP contribution in [0, 0.1) is 5.92 Å². The zero-order valence-electron chi connectivity index (χ0n) is 13.6. The molecular formula is C16H30N2O3. The van der Waals surface area contributed by atoms with E-state index in [4.69, 9.17) is 5.11 Å². The lowest BCUT2D eigenvalue weighted by Crippen LogP contribution is -2.48. The molecule has 1 fully saturated rings. The molecule has 0 aromatic rings. The van der Waals surface area contributed by atoms with Crippen LogP contribution in [-0.2, 0) is 4.79 Å². The van der Waals surface area contributed by atoms with E-state index in [1.807, 2.05) is 14.0 Å². The van der Waals surface area contributed by atoms with Crippen LogP contribution in [0.15, 0.2) is 0 Å². The first kappa shape index (κ1) is 17.8. The first-order valence-corrected chi connectivity index (χ1v) is 8.23. The summed E-state index contributed by atoms with van der Waals surface area (Å²) < 4.78 is 0. The molecule has 1 aliphatic rings. The van der Waals surface area contributed by atoms with Crippen LogP contribution >= 0.6 is 0 Å². The van der Waals surface area contributed by atoms with E-state index < -0.39 is 5.97 Å². The average molecular weight is 298 g/mol. The Hall–Kier alpha value is -1.26. The first-order chi connectivity index (χ1) is 9.97. The molecule has 1 saturated carbocycles. The molecule has 21 heavy (non-hydrogen) atoms. The molecule has 0 saturated heterocycles. The van der Waals surface area contributed by atoms with Gasteiger partial charge in [0.1, 0.15) is 0 Å². The van der Waals surface area contributed by atoms with Crippen molar-refractivity contribution in [1.82, 2.24) is 10.2 Å². The average Bonchev–Trinajstić information content (AvgIpc) is 2.46. The number of nitrogens with one attached hydrogen (secondary N) is 1. The van der Waals surface area contributed by atoms with Gasteiger partial charge in [0, 0.05) is 19.1 Å². The van der Waals surface area contributed by atoms with Crippen LogP contribution in [0.5, 0.6) is 0 Å². The third-order valence-electron chi connectivity index (χ3n) is 4.65.